The molecule has 30 heavy (non-hydrogen) atoms. The Bertz CT molecular complexity index is 835. The van der Waals surface area contributed by atoms with Crippen LogP contribution in [0.15, 0.2) is 36.5 Å². The molecule has 2 fully saturated rings. The zero-order valence-corrected chi connectivity index (χ0v) is 18.3. The van der Waals surface area contributed by atoms with Gasteiger partial charge in [0.2, 0.25) is 0 Å². The van der Waals surface area contributed by atoms with Crippen LogP contribution in [0.3, 0.4) is 0 Å². The largest absolute Gasteiger partial charge is 0.376 e. The summed E-state index contributed by atoms with van der Waals surface area (Å²) in [6.07, 6.45) is 6.27. The zero-order chi connectivity index (χ0) is 20.9. The Morgan fingerprint density at radius 1 is 1.17 bits per heavy atom. The molecular formula is C24H34N4O2. The third-order valence-corrected chi connectivity index (χ3v) is 6.62. The highest BCUT2D eigenvalue weighted by atomic mass is 16.5. The molecule has 2 aromatic rings. The Morgan fingerprint density at radius 2 is 1.97 bits per heavy atom. The Labute approximate surface area is 179 Å². The van der Waals surface area contributed by atoms with Gasteiger partial charge in [-0.15, -0.1) is 0 Å². The molecule has 6 heteroatoms. The van der Waals surface area contributed by atoms with E-state index in [0.717, 1.165) is 58.5 Å². The standard InChI is InChI=1S/C24H34N4O2/c1-19-6-3-4-7-21(19)17-27-13-10-20(11-14-27)16-28(18-22-8-5-15-30-22)24(29)23-9-12-25-26(23)2/h3-4,6-7,9,12,20,22H,5,8,10-11,13-18H2,1-2H3. The first-order valence-corrected chi connectivity index (χ1v) is 11.3. The number of rotatable bonds is 7. The van der Waals surface area contributed by atoms with E-state index < -0.39 is 0 Å². The maximum Gasteiger partial charge on any atom is 0.272 e. The van der Waals surface area contributed by atoms with Crippen LogP contribution in [0.1, 0.15) is 47.3 Å². The summed E-state index contributed by atoms with van der Waals surface area (Å²) in [6, 6.07) is 10.5. The van der Waals surface area contributed by atoms with Crippen molar-refractivity contribution in [3.63, 3.8) is 0 Å². The first-order valence-electron chi connectivity index (χ1n) is 11.3. The van der Waals surface area contributed by atoms with E-state index in [-0.39, 0.29) is 12.0 Å². The van der Waals surface area contributed by atoms with E-state index >= 15 is 0 Å². The van der Waals surface area contributed by atoms with Gasteiger partial charge in [-0.25, -0.2) is 0 Å². The van der Waals surface area contributed by atoms with Crippen LogP contribution in [0.4, 0.5) is 0 Å². The minimum absolute atomic E-state index is 0.0767. The van der Waals surface area contributed by atoms with Gasteiger partial charge in [0.25, 0.3) is 5.91 Å². The van der Waals surface area contributed by atoms with Gasteiger partial charge in [0.15, 0.2) is 0 Å². The normalized spacial score (nSPS) is 20.5. The number of ether oxygens (including phenoxy) is 1. The van der Waals surface area contributed by atoms with Gasteiger partial charge in [-0.1, -0.05) is 24.3 Å². The van der Waals surface area contributed by atoms with E-state index in [1.54, 1.807) is 10.9 Å². The summed E-state index contributed by atoms with van der Waals surface area (Å²) in [7, 11) is 1.83. The molecule has 0 bridgehead atoms. The molecule has 1 aromatic heterocycles. The SMILES string of the molecule is Cc1ccccc1CN1CCC(CN(CC2CCCO2)C(=O)c2ccnn2C)CC1. The van der Waals surface area contributed by atoms with Gasteiger partial charge in [-0.05, 0) is 68.8 Å². The summed E-state index contributed by atoms with van der Waals surface area (Å²) in [6.45, 7) is 7.70. The van der Waals surface area contributed by atoms with Crippen molar-refractivity contribution in [2.24, 2.45) is 13.0 Å². The van der Waals surface area contributed by atoms with Gasteiger partial charge in [-0.2, -0.15) is 5.10 Å². The molecule has 0 saturated carbocycles. The van der Waals surface area contributed by atoms with Crippen LogP contribution in [0, 0.1) is 12.8 Å². The van der Waals surface area contributed by atoms with Gasteiger partial charge in [-0.3, -0.25) is 14.4 Å². The van der Waals surface area contributed by atoms with Gasteiger partial charge in [0.1, 0.15) is 5.69 Å². The van der Waals surface area contributed by atoms with Crippen molar-refractivity contribution in [1.82, 2.24) is 19.6 Å². The number of carbonyl (C=O) groups is 1. The molecule has 1 aromatic carbocycles. The summed E-state index contributed by atoms with van der Waals surface area (Å²) < 4.78 is 7.52. The van der Waals surface area contributed by atoms with Crippen molar-refractivity contribution < 1.29 is 9.53 Å². The highest BCUT2D eigenvalue weighted by Crippen LogP contribution is 2.23. The van der Waals surface area contributed by atoms with Gasteiger partial charge in [0, 0.05) is 39.5 Å². The third kappa shape index (κ3) is 5.10. The van der Waals surface area contributed by atoms with E-state index in [4.69, 9.17) is 4.74 Å². The maximum absolute atomic E-state index is 13.2. The first-order chi connectivity index (χ1) is 14.6. The number of piperidine rings is 1. The van der Waals surface area contributed by atoms with Crippen LogP contribution >= 0.6 is 0 Å². The average Bonchev–Trinajstić information content (AvgIpc) is 3.42. The summed E-state index contributed by atoms with van der Waals surface area (Å²) in [5.41, 5.74) is 3.44. The Hall–Kier alpha value is -2.18. The molecule has 1 amide bonds. The average molecular weight is 411 g/mol. The molecule has 0 spiro atoms. The molecule has 162 valence electrons. The molecule has 2 aliphatic heterocycles. The number of likely N-dealkylation sites (tertiary alicyclic amines) is 1. The predicted molar refractivity (Wildman–Crippen MR) is 117 cm³/mol. The first kappa shape index (κ1) is 21.1. The summed E-state index contributed by atoms with van der Waals surface area (Å²) in [5, 5.41) is 4.19. The van der Waals surface area contributed by atoms with Gasteiger partial charge >= 0.3 is 0 Å². The van der Waals surface area contributed by atoms with Crippen molar-refractivity contribution in [3.8, 4) is 0 Å². The lowest BCUT2D eigenvalue weighted by Gasteiger charge is -2.35. The van der Waals surface area contributed by atoms with Gasteiger partial charge < -0.3 is 9.64 Å². The zero-order valence-electron chi connectivity index (χ0n) is 18.3. The minimum Gasteiger partial charge on any atom is -0.376 e. The molecule has 0 aliphatic carbocycles. The molecule has 0 radical (unpaired) electrons. The molecule has 1 unspecified atom stereocenters. The van der Waals surface area contributed by atoms with E-state index in [1.807, 2.05) is 18.0 Å². The van der Waals surface area contributed by atoms with Crippen LogP contribution in [0.5, 0.6) is 0 Å². The van der Waals surface area contributed by atoms with Crippen LogP contribution in [0.25, 0.3) is 0 Å². The summed E-state index contributed by atoms with van der Waals surface area (Å²) in [5.74, 6) is 0.615. The second kappa shape index (κ2) is 9.75. The number of amides is 1. The van der Waals surface area contributed by atoms with E-state index in [1.165, 1.54) is 11.1 Å². The molecule has 1 atom stereocenters. The fourth-order valence-electron chi connectivity index (χ4n) is 4.69. The summed E-state index contributed by atoms with van der Waals surface area (Å²) in [4.78, 5) is 17.8. The number of benzene rings is 1. The fourth-order valence-corrected chi connectivity index (χ4v) is 4.69. The highest BCUT2D eigenvalue weighted by molar-refractivity contribution is 5.92. The smallest absolute Gasteiger partial charge is 0.272 e. The van der Waals surface area contributed by atoms with Crippen molar-refractivity contribution in [1.29, 1.82) is 0 Å². The molecule has 6 nitrogen and oxygen atoms in total. The van der Waals surface area contributed by atoms with Crippen molar-refractivity contribution in [2.45, 2.75) is 45.3 Å². The lowest BCUT2D eigenvalue weighted by molar-refractivity contribution is 0.0437. The monoisotopic (exact) mass is 410 g/mol. The van der Waals surface area contributed by atoms with Crippen LogP contribution < -0.4 is 0 Å². The molecule has 2 aliphatic rings. The number of aromatic nitrogens is 2. The number of aryl methyl sites for hydroxylation is 2. The van der Waals surface area contributed by atoms with Crippen molar-refractivity contribution >= 4 is 5.91 Å². The van der Waals surface area contributed by atoms with Crippen molar-refractivity contribution in [2.75, 3.05) is 32.8 Å². The molecule has 2 saturated heterocycles. The van der Waals surface area contributed by atoms with Gasteiger partial charge in [0.05, 0.1) is 6.10 Å². The number of hydrogen-bond donors (Lipinski definition) is 0. The predicted octanol–water partition coefficient (Wildman–Crippen LogP) is 3.26. The van der Waals surface area contributed by atoms with Crippen LogP contribution in [-0.2, 0) is 18.3 Å². The number of nitrogens with zero attached hydrogens (tertiary/aromatic N) is 4. The van der Waals surface area contributed by atoms with Crippen molar-refractivity contribution in [3.05, 3.63) is 53.3 Å². The minimum atomic E-state index is 0.0767. The Balaban J connectivity index is 1.35. The second-order valence-electron chi connectivity index (χ2n) is 8.83. The highest BCUT2D eigenvalue weighted by Gasteiger charge is 2.28. The second-order valence-corrected chi connectivity index (χ2v) is 8.83. The third-order valence-electron chi connectivity index (χ3n) is 6.62. The molecule has 0 N–H and O–H groups in total. The molecule has 4 rings (SSSR count). The molecule has 3 heterocycles. The number of carbonyl (C=O) groups excluding carboxylic acids is 1. The summed E-state index contributed by atoms with van der Waals surface area (Å²) >= 11 is 0. The maximum atomic E-state index is 13.2. The number of hydrogen-bond acceptors (Lipinski definition) is 4. The fraction of sp³-hybridized carbons (Fsp3) is 0.583. The Morgan fingerprint density at radius 3 is 2.63 bits per heavy atom. The topological polar surface area (TPSA) is 50.6 Å². The van der Waals surface area contributed by atoms with E-state index in [9.17, 15) is 4.79 Å². The van der Waals surface area contributed by atoms with E-state index in [0.29, 0.717) is 18.2 Å². The lowest BCUT2D eigenvalue weighted by Crippen LogP contribution is -2.44. The quantitative estimate of drug-likeness (QED) is 0.703. The van der Waals surface area contributed by atoms with E-state index in [2.05, 4.69) is 41.2 Å². The molecular weight excluding hydrogens is 376 g/mol. The van der Waals surface area contributed by atoms with Crippen LogP contribution in [0.2, 0.25) is 0 Å². The van der Waals surface area contributed by atoms with Crippen LogP contribution in [-0.4, -0.2) is 64.4 Å². The lowest BCUT2D eigenvalue weighted by atomic mass is 9.95. The Kier molecular flexibility index (Phi) is 6.85.